The number of hydrogen-bond acceptors (Lipinski definition) is 5. The van der Waals surface area contributed by atoms with Crippen molar-refractivity contribution in [1.82, 2.24) is 4.90 Å². The van der Waals surface area contributed by atoms with E-state index in [1.165, 1.54) is 23.8 Å². The van der Waals surface area contributed by atoms with E-state index in [0.717, 1.165) is 5.56 Å². The molecule has 1 amide bonds. The van der Waals surface area contributed by atoms with Crippen LogP contribution in [0.5, 0.6) is 0 Å². The van der Waals surface area contributed by atoms with Crippen LogP contribution in [0.4, 0.5) is 5.69 Å². The van der Waals surface area contributed by atoms with Gasteiger partial charge in [-0.2, -0.15) is 0 Å². The molecule has 0 radical (unpaired) electrons. The molecule has 0 aromatic heterocycles. The van der Waals surface area contributed by atoms with E-state index < -0.39 is 5.97 Å². The number of esters is 1. The SMILES string of the molecule is COC(=O)c1ccc(N=C2S/C(=C\c3ccc(Cl)cc3)C(=O)N2C)cc1. The molecule has 1 heterocycles. The number of nitrogens with zero attached hydrogens (tertiary/aromatic N) is 2. The number of likely N-dealkylation sites (N-methyl/N-ethyl adjacent to an activating group) is 1. The van der Waals surface area contributed by atoms with Gasteiger partial charge in [0, 0.05) is 12.1 Å². The van der Waals surface area contributed by atoms with Crippen LogP contribution in [0.2, 0.25) is 5.02 Å². The molecule has 2 aromatic carbocycles. The number of aliphatic imine (C=N–C) groups is 1. The molecule has 132 valence electrons. The number of ether oxygens (including phenoxy) is 1. The van der Waals surface area contributed by atoms with Gasteiger partial charge in [-0.3, -0.25) is 9.69 Å². The number of halogens is 1. The molecule has 0 saturated carbocycles. The lowest BCUT2D eigenvalue weighted by atomic mass is 10.2. The second-order valence-corrected chi connectivity index (χ2v) is 6.90. The van der Waals surface area contributed by atoms with Crippen molar-refractivity contribution in [3.8, 4) is 0 Å². The van der Waals surface area contributed by atoms with Crippen molar-refractivity contribution in [1.29, 1.82) is 0 Å². The zero-order chi connectivity index (χ0) is 18.7. The zero-order valence-corrected chi connectivity index (χ0v) is 15.7. The minimum atomic E-state index is -0.403. The van der Waals surface area contributed by atoms with Crippen molar-refractivity contribution in [2.24, 2.45) is 4.99 Å². The Morgan fingerprint density at radius 1 is 1.15 bits per heavy atom. The van der Waals surface area contributed by atoms with Crippen LogP contribution in [0.25, 0.3) is 6.08 Å². The minimum Gasteiger partial charge on any atom is -0.465 e. The summed E-state index contributed by atoms with van der Waals surface area (Å²) in [5.41, 5.74) is 1.98. The van der Waals surface area contributed by atoms with Crippen molar-refractivity contribution in [3.63, 3.8) is 0 Å². The number of benzene rings is 2. The first-order valence-corrected chi connectivity index (χ1v) is 8.87. The van der Waals surface area contributed by atoms with Gasteiger partial charge in [-0.1, -0.05) is 23.7 Å². The molecule has 1 aliphatic heterocycles. The summed E-state index contributed by atoms with van der Waals surface area (Å²) >= 11 is 7.18. The Morgan fingerprint density at radius 3 is 2.42 bits per heavy atom. The fourth-order valence-electron chi connectivity index (χ4n) is 2.26. The monoisotopic (exact) mass is 386 g/mol. The van der Waals surface area contributed by atoms with Crippen LogP contribution in [-0.2, 0) is 9.53 Å². The van der Waals surface area contributed by atoms with Gasteiger partial charge in [-0.05, 0) is 59.8 Å². The normalized spacial score (nSPS) is 17.2. The Morgan fingerprint density at radius 2 is 1.81 bits per heavy atom. The summed E-state index contributed by atoms with van der Waals surface area (Å²) in [4.78, 5) is 30.5. The summed E-state index contributed by atoms with van der Waals surface area (Å²) in [5, 5.41) is 1.22. The number of carbonyl (C=O) groups excluding carboxylic acids is 2. The lowest BCUT2D eigenvalue weighted by molar-refractivity contribution is -0.121. The molecule has 5 nitrogen and oxygen atoms in total. The summed E-state index contributed by atoms with van der Waals surface area (Å²) in [6.07, 6.45) is 1.81. The quantitative estimate of drug-likeness (QED) is 0.581. The summed E-state index contributed by atoms with van der Waals surface area (Å²) in [6.45, 7) is 0. The van der Waals surface area contributed by atoms with E-state index in [1.54, 1.807) is 43.4 Å². The van der Waals surface area contributed by atoms with Crippen LogP contribution in [-0.4, -0.2) is 36.1 Å². The maximum atomic E-state index is 12.4. The predicted octanol–water partition coefficient (Wildman–Crippen LogP) is 4.36. The van der Waals surface area contributed by atoms with E-state index in [2.05, 4.69) is 9.73 Å². The maximum absolute atomic E-state index is 12.4. The lowest BCUT2D eigenvalue weighted by Gasteiger charge is -2.07. The first-order chi connectivity index (χ1) is 12.5. The molecule has 0 spiro atoms. The van der Waals surface area contributed by atoms with E-state index in [-0.39, 0.29) is 5.91 Å². The van der Waals surface area contributed by atoms with E-state index in [0.29, 0.717) is 26.3 Å². The van der Waals surface area contributed by atoms with E-state index >= 15 is 0 Å². The highest BCUT2D eigenvalue weighted by Crippen LogP contribution is 2.33. The maximum Gasteiger partial charge on any atom is 0.337 e. The van der Waals surface area contributed by atoms with Crippen LogP contribution in [0, 0.1) is 0 Å². The first-order valence-electron chi connectivity index (χ1n) is 7.68. The molecule has 1 saturated heterocycles. The molecule has 3 rings (SSSR count). The topological polar surface area (TPSA) is 59.0 Å². The van der Waals surface area contributed by atoms with Gasteiger partial charge >= 0.3 is 5.97 Å². The molecular formula is C19H15ClN2O3S. The van der Waals surface area contributed by atoms with Crippen LogP contribution in [0.1, 0.15) is 15.9 Å². The van der Waals surface area contributed by atoms with Crippen molar-refractivity contribution >= 4 is 52.2 Å². The molecular weight excluding hydrogens is 372 g/mol. The number of thioether (sulfide) groups is 1. The smallest absolute Gasteiger partial charge is 0.337 e. The lowest BCUT2D eigenvalue weighted by Crippen LogP contribution is -2.23. The molecule has 1 fully saturated rings. The van der Waals surface area contributed by atoms with Gasteiger partial charge < -0.3 is 4.74 Å². The van der Waals surface area contributed by atoms with E-state index in [9.17, 15) is 9.59 Å². The van der Waals surface area contributed by atoms with Crippen LogP contribution >= 0.6 is 23.4 Å². The summed E-state index contributed by atoms with van der Waals surface area (Å²) in [7, 11) is 3.01. The molecule has 1 aliphatic rings. The molecule has 0 aliphatic carbocycles. The largest absolute Gasteiger partial charge is 0.465 e. The van der Waals surface area contributed by atoms with Gasteiger partial charge in [0.15, 0.2) is 5.17 Å². The highest BCUT2D eigenvalue weighted by atomic mass is 35.5. The third-order valence-corrected chi connectivity index (χ3v) is 5.00. The van der Waals surface area contributed by atoms with Gasteiger partial charge in [-0.15, -0.1) is 0 Å². The molecule has 0 N–H and O–H groups in total. The second-order valence-electron chi connectivity index (χ2n) is 5.46. The van der Waals surface area contributed by atoms with Crippen LogP contribution < -0.4 is 0 Å². The molecule has 2 aromatic rings. The van der Waals surface area contributed by atoms with Gasteiger partial charge in [0.25, 0.3) is 5.91 Å². The highest BCUT2D eigenvalue weighted by Gasteiger charge is 2.30. The minimum absolute atomic E-state index is 0.116. The highest BCUT2D eigenvalue weighted by molar-refractivity contribution is 8.18. The Hall–Kier alpha value is -2.57. The summed E-state index contributed by atoms with van der Waals surface area (Å²) in [5.74, 6) is -0.519. The zero-order valence-electron chi connectivity index (χ0n) is 14.1. The van der Waals surface area contributed by atoms with Crippen molar-refractivity contribution in [3.05, 3.63) is 69.6 Å². The first kappa shape index (κ1) is 18.2. The third-order valence-electron chi connectivity index (χ3n) is 3.68. The van der Waals surface area contributed by atoms with Crippen molar-refractivity contribution < 1.29 is 14.3 Å². The van der Waals surface area contributed by atoms with Gasteiger partial charge in [-0.25, -0.2) is 9.79 Å². The fourth-order valence-corrected chi connectivity index (χ4v) is 3.38. The Kier molecular flexibility index (Phi) is 5.44. The predicted molar refractivity (Wildman–Crippen MR) is 105 cm³/mol. The average molecular weight is 387 g/mol. The number of methoxy groups -OCH3 is 1. The third kappa shape index (κ3) is 3.98. The standard InChI is InChI=1S/C19H15ClN2O3S/c1-22-17(23)16(11-12-3-7-14(20)8-4-12)26-19(22)21-15-9-5-13(6-10-15)18(24)25-2/h3-11H,1-2H3/b16-11-,21-19?. The number of rotatable bonds is 3. The number of amides is 1. The van der Waals surface area contributed by atoms with Crippen LogP contribution in [0.3, 0.4) is 0 Å². The molecule has 0 unspecified atom stereocenters. The average Bonchev–Trinajstić information content (AvgIpc) is 2.91. The van der Waals surface area contributed by atoms with Gasteiger partial charge in [0.2, 0.25) is 0 Å². The fraction of sp³-hybridized carbons (Fsp3) is 0.105. The molecule has 0 atom stereocenters. The molecule has 0 bridgehead atoms. The Labute approximate surface area is 160 Å². The number of amidine groups is 1. The van der Waals surface area contributed by atoms with Crippen molar-refractivity contribution in [2.75, 3.05) is 14.2 Å². The van der Waals surface area contributed by atoms with E-state index in [4.69, 9.17) is 11.6 Å². The molecule has 7 heteroatoms. The number of carbonyl (C=O) groups is 2. The summed E-state index contributed by atoms with van der Waals surface area (Å²) < 4.78 is 4.67. The summed E-state index contributed by atoms with van der Waals surface area (Å²) in [6, 6.07) is 13.9. The Balaban J connectivity index is 1.83. The van der Waals surface area contributed by atoms with Gasteiger partial charge in [0.05, 0.1) is 23.3 Å². The second kappa shape index (κ2) is 7.76. The van der Waals surface area contributed by atoms with E-state index in [1.807, 2.05) is 18.2 Å². The van der Waals surface area contributed by atoms with Crippen LogP contribution in [0.15, 0.2) is 58.4 Å². The van der Waals surface area contributed by atoms with Crippen molar-refractivity contribution in [2.45, 2.75) is 0 Å². The molecule has 26 heavy (non-hydrogen) atoms. The Bertz CT molecular complexity index is 905. The number of hydrogen-bond donors (Lipinski definition) is 0. The van der Waals surface area contributed by atoms with Gasteiger partial charge in [0.1, 0.15) is 0 Å².